The van der Waals surface area contributed by atoms with Crippen molar-refractivity contribution in [3.8, 4) is 5.75 Å². The van der Waals surface area contributed by atoms with E-state index in [0.29, 0.717) is 19.7 Å². The Labute approximate surface area is 148 Å². The molecule has 6 heteroatoms. The number of aromatic nitrogens is 1. The molecule has 25 heavy (non-hydrogen) atoms. The highest BCUT2D eigenvalue weighted by atomic mass is 16.5. The summed E-state index contributed by atoms with van der Waals surface area (Å²) >= 11 is 0. The van der Waals surface area contributed by atoms with E-state index in [2.05, 4.69) is 16.7 Å². The average Bonchev–Trinajstić information content (AvgIpc) is 3.06. The topological polar surface area (TPSA) is 52.9 Å². The van der Waals surface area contributed by atoms with Crippen molar-refractivity contribution in [1.29, 1.82) is 0 Å². The summed E-state index contributed by atoms with van der Waals surface area (Å²) in [7, 11) is 4.73. The SMILES string of the molecule is COCCN(CC(=O)OC)Cc1cccn1Cc1cccc(OC)c1. The summed E-state index contributed by atoms with van der Waals surface area (Å²) in [5, 5.41) is 0. The summed E-state index contributed by atoms with van der Waals surface area (Å²) in [5.41, 5.74) is 2.29. The maximum absolute atomic E-state index is 11.6. The standard InChI is InChI=1S/C19H26N2O4/c1-23-11-10-20(15-19(22)25-3)14-17-7-5-9-21(17)13-16-6-4-8-18(12-16)24-2/h4-9,12H,10-11,13-15H2,1-3H3. The number of benzene rings is 1. The first-order valence-corrected chi connectivity index (χ1v) is 8.21. The van der Waals surface area contributed by atoms with Gasteiger partial charge in [-0.05, 0) is 29.8 Å². The molecular weight excluding hydrogens is 320 g/mol. The summed E-state index contributed by atoms with van der Waals surface area (Å²) in [6.45, 7) is 2.86. The van der Waals surface area contributed by atoms with Gasteiger partial charge in [0.1, 0.15) is 5.75 Å². The van der Waals surface area contributed by atoms with Gasteiger partial charge in [0.2, 0.25) is 0 Å². The van der Waals surface area contributed by atoms with E-state index < -0.39 is 0 Å². The minimum absolute atomic E-state index is 0.240. The van der Waals surface area contributed by atoms with E-state index in [1.165, 1.54) is 7.11 Å². The van der Waals surface area contributed by atoms with E-state index in [4.69, 9.17) is 14.2 Å². The summed E-state index contributed by atoms with van der Waals surface area (Å²) in [6, 6.07) is 12.1. The number of ether oxygens (including phenoxy) is 3. The first kappa shape index (κ1) is 19.0. The van der Waals surface area contributed by atoms with E-state index in [1.807, 2.05) is 35.4 Å². The largest absolute Gasteiger partial charge is 0.497 e. The molecule has 6 nitrogen and oxygen atoms in total. The Morgan fingerprint density at radius 2 is 2.00 bits per heavy atom. The molecule has 0 aliphatic rings. The minimum Gasteiger partial charge on any atom is -0.497 e. The van der Waals surface area contributed by atoms with E-state index >= 15 is 0 Å². The minimum atomic E-state index is -0.248. The Kier molecular flexibility index (Phi) is 7.50. The maximum Gasteiger partial charge on any atom is 0.319 e. The number of methoxy groups -OCH3 is 3. The molecule has 1 aromatic carbocycles. The van der Waals surface area contributed by atoms with Crippen LogP contribution in [0.1, 0.15) is 11.3 Å². The molecule has 1 heterocycles. The number of carbonyl (C=O) groups excluding carboxylic acids is 1. The molecule has 0 spiro atoms. The Balaban J connectivity index is 2.08. The van der Waals surface area contributed by atoms with Crippen molar-refractivity contribution in [2.24, 2.45) is 0 Å². The van der Waals surface area contributed by atoms with Crippen LogP contribution in [0.5, 0.6) is 5.75 Å². The van der Waals surface area contributed by atoms with Crippen molar-refractivity contribution < 1.29 is 19.0 Å². The fourth-order valence-electron chi connectivity index (χ4n) is 2.63. The van der Waals surface area contributed by atoms with Gasteiger partial charge in [-0.3, -0.25) is 9.69 Å². The number of rotatable bonds is 10. The second-order valence-corrected chi connectivity index (χ2v) is 5.76. The third-order valence-corrected chi connectivity index (χ3v) is 3.99. The fraction of sp³-hybridized carbons (Fsp3) is 0.421. The molecule has 2 aromatic rings. The predicted octanol–water partition coefficient (Wildman–Crippen LogP) is 2.17. The molecule has 2 rings (SSSR count). The maximum atomic E-state index is 11.6. The van der Waals surface area contributed by atoms with Gasteiger partial charge in [-0.1, -0.05) is 12.1 Å². The van der Waals surface area contributed by atoms with E-state index in [-0.39, 0.29) is 12.5 Å². The van der Waals surface area contributed by atoms with Crippen LogP contribution in [0.3, 0.4) is 0 Å². The van der Waals surface area contributed by atoms with Crippen LogP contribution >= 0.6 is 0 Å². The van der Waals surface area contributed by atoms with E-state index in [1.54, 1.807) is 14.2 Å². The number of hydrogen-bond acceptors (Lipinski definition) is 5. The number of hydrogen-bond donors (Lipinski definition) is 0. The smallest absolute Gasteiger partial charge is 0.319 e. The third-order valence-electron chi connectivity index (χ3n) is 3.99. The Bertz CT molecular complexity index is 669. The van der Waals surface area contributed by atoms with Gasteiger partial charge in [-0.15, -0.1) is 0 Å². The molecule has 0 saturated carbocycles. The van der Waals surface area contributed by atoms with Crippen LogP contribution in [0.25, 0.3) is 0 Å². The highest BCUT2D eigenvalue weighted by Crippen LogP contribution is 2.15. The second kappa shape index (κ2) is 9.86. The quantitative estimate of drug-likeness (QED) is 0.617. The van der Waals surface area contributed by atoms with Crippen LogP contribution in [0, 0.1) is 0 Å². The lowest BCUT2D eigenvalue weighted by Gasteiger charge is -2.21. The lowest BCUT2D eigenvalue weighted by Crippen LogP contribution is -2.33. The average molecular weight is 346 g/mol. The number of esters is 1. The third kappa shape index (κ3) is 5.92. The monoisotopic (exact) mass is 346 g/mol. The van der Waals surface area contributed by atoms with Crippen molar-refractivity contribution in [3.63, 3.8) is 0 Å². The van der Waals surface area contributed by atoms with Crippen LogP contribution < -0.4 is 4.74 Å². The zero-order valence-electron chi connectivity index (χ0n) is 15.1. The molecule has 0 aliphatic carbocycles. The van der Waals surface area contributed by atoms with Crippen LogP contribution in [0.15, 0.2) is 42.6 Å². The van der Waals surface area contributed by atoms with Gasteiger partial charge < -0.3 is 18.8 Å². The second-order valence-electron chi connectivity index (χ2n) is 5.76. The van der Waals surface area contributed by atoms with Gasteiger partial charge in [0.15, 0.2) is 0 Å². The van der Waals surface area contributed by atoms with Gasteiger partial charge in [0.25, 0.3) is 0 Å². The molecule has 1 aromatic heterocycles. The van der Waals surface area contributed by atoms with Crippen LogP contribution in [-0.2, 0) is 27.4 Å². The first-order chi connectivity index (χ1) is 12.2. The lowest BCUT2D eigenvalue weighted by molar-refractivity contribution is -0.142. The van der Waals surface area contributed by atoms with Crippen molar-refractivity contribution in [2.45, 2.75) is 13.1 Å². The summed E-state index contributed by atoms with van der Waals surface area (Å²) in [5.74, 6) is 0.598. The van der Waals surface area contributed by atoms with Gasteiger partial charge in [0, 0.05) is 38.6 Å². The molecule has 0 atom stereocenters. The molecule has 0 aliphatic heterocycles. The molecule has 0 unspecified atom stereocenters. The molecule has 0 amide bonds. The van der Waals surface area contributed by atoms with Gasteiger partial charge in [-0.25, -0.2) is 0 Å². The zero-order chi connectivity index (χ0) is 18.1. The van der Waals surface area contributed by atoms with Gasteiger partial charge >= 0.3 is 5.97 Å². The van der Waals surface area contributed by atoms with Crippen molar-refractivity contribution in [3.05, 3.63) is 53.9 Å². The molecule has 136 valence electrons. The Hall–Kier alpha value is -2.31. The highest BCUT2D eigenvalue weighted by molar-refractivity contribution is 5.71. The van der Waals surface area contributed by atoms with Gasteiger partial charge in [0.05, 0.1) is 27.4 Å². The summed E-state index contributed by atoms with van der Waals surface area (Å²) in [4.78, 5) is 13.7. The van der Waals surface area contributed by atoms with Crippen LogP contribution in [0.4, 0.5) is 0 Å². The molecule has 0 bridgehead atoms. The van der Waals surface area contributed by atoms with Crippen molar-refractivity contribution >= 4 is 5.97 Å². The Morgan fingerprint density at radius 3 is 2.72 bits per heavy atom. The van der Waals surface area contributed by atoms with Crippen molar-refractivity contribution in [1.82, 2.24) is 9.47 Å². The number of carbonyl (C=O) groups is 1. The van der Waals surface area contributed by atoms with E-state index in [0.717, 1.165) is 23.6 Å². The summed E-state index contributed by atoms with van der Waals surface area (Å²) in [6.07, 6.45) is 2.04. The normalized spacial score (nSPS) is 10.9. The van der Waals surface area contributed by atoms with Gasteiger partial charge in [-0.2, -0.15) is 0 Å². The summed E-state index contributed by atoms with van der Waals surface area (Å²) < 4.78 is 17.4. The van der Waals surface area contributed by atoms with Crippen LogP contribution in [-0.4, -0.2) is 56.5 Å². The van der Waals surface area contributed by atoms with E-state index in [9.17, 15) is 4.79 Å². The highest BCUT2D eigenvalue weighted by Gasteiger charge is 2.13. The molecule has 0 N–H and O–H groups in total. The predicted molar refractivity (Wildman–Crippen MR) is 95.7 cm³/mol. The van der Waals surface area contributed by atoms with Crippen LogP contribution in [0.2, 0.25) is 0 Å². The molecule has 0 radical (unpaired) electrons. The molecular formula is C19H26N2O4. The zero-order valence-corrected chi connectivity index (χ0v) is 15.1. The number of nitrogens with zero attached hydrogens (tertiary/aromatic N) is 2. The molecule has 0 saturated heterocycles. The Morgan fingerprint density at radius 1 is 1.16 bits per heavy atom. The van der Waals surface area contributed by atoms with Crippen molar-refractivity contribution in [2.75, 3.05) is 41.0 Å². The molecule has 0 fully saturated rings. The fourth-order valence-corrected chi connectivity index (χ4v) is 2.63. The first-order valence-electron chi connectivity index (χ1n) is 8.21. The lowest BCUT2D eigenvalue weighted by atomic mass is 10.2.